The van der Waals surface area contributed by atoms with Crippen LogP contribution < -0.4 is 0 Å². The minimum atomic E-state index is -1.07. The highest BCUT2D eigenvalue weighted by Gasteiger charge is 2.73. The summed E-state index contributed by atoms with van der Waals surface area (Å²) in [5, 5.41) is 11.1. The fourth-order valence-electron chi connectivity index (χ4n) is 6.66. The Balaban J connectivity index is 1.80. The van der Waals surface area contributed by atoms with E-state index in [1.807, 2.05) is 6.08 Å². The van der Waals surface area contributed by atoms with E-state index in [-0.39, 0.29) is 28.4 Å². The molecule has 0 aromatic rings. The van der Waals surface area contributed by atoms with E-state index in [1.54, 1.807) is 6.92 Å². The van der Waals surface area contributed by atoms with Crippen LogP contribution in [0.5, 0.6) is 0 Å². The molecule has 0 unspecified atom stereocenters. The molecule has 0 aromatic heterocycles. The predicted octanol–water partition coefficient (Wildman–Crippen LogP) is 2.89. The molecule has 4 nitrogen and oxygen atoms in total. The molecule has 8 atom stereocenters. The third kappa shape index (κ3) is 1.73. The number of ketones is 1. The lowest BCUT2D eigenvalue weighted by Crippen LogP contribution is -2.64. The molecule has 1 saturated heterocycles. The Morgan fingerprint density at radius 2 is 1.96 bits per heavy atom. The van der Waals surface area contributed by atoms with Crippen LogP contribution in [0.3, 0.4) is 0 Å². The van der Waals surface area contributed by atoms with Crippen LogP contribution in [0.25, 0.3) is 0 Å². The van der Waals surface area contributed by atoms with Gasteiger partial charge in [-0.3, -0.25) is 9.59 Å². The van der Waals surface area contributed by atoms with Crippen molar-refractivity contribution < 1.29 is 19.4 Å². The first kappa shape index (κ1) is 16.3. The largest absolute Gasteiger partial charge is 0.458 e. The molecule has 1 aliphatic heterocycles. The van der Waals surface area contributed by atoms with Gasteiger partial charge in [-0.25, -0.2) is 0 Å². The van der Waals surface area contributed by atoms with Gasteiger partial charge in [-0.1, -0.05) is 19.9 Å². The van der Waals surface area contributed by atoms with Crippen molar-refractivity contribution in [3.8, 4) is 0 Å². The first-order valence-corrected chi connectivity index (χ1v) is 9.23. The van der Waals surface area contributed by atoms with Crippen LogP contribution in [0.4, 0.5) is 0 Å². The molecule has 0 aromatic carbocycles. The maximum atomic E-state index is 12.6. The van der Waals surface area contributed by atoms with Gasteiger partial charge in [-0.2, -0.15) is 0 Å². The van der Waals surface area contributed by atoms with Gasteiger partial charge in [0.1, 0.15) is 17.3 Å². The smallest absolute Gasteiger partial charge is 0.320 e. The van der Waals surface area contributed by atoms with Gasteiger partial charge in [0.25, 0.3) is 0 Å². The number of ether oxygens (including phenoxy) is 1. The normalized spacial score (nSPS) is 56.2. The lowest BCUT2D eigenvalue weighted by Gasteiger charge is -2.61. The van der Waals surface area contributed by atoms with Gasteiger partial charge in [0, 0.05) is 12.3 Å². The predicted molar refractivity (Wildman–Crippen MR) is 89.0 cm³/mol. The number of hydrogen-bond donors (Lipinski definition) is 1. The molecule has 0 bridgehead atoms. The summed E-state index contributed by atoms with van der Waals surface area (Å²) >= 11 is 0. The minimum Gasteiger partial charge on any atom is -0.458 e. The summed E-state index contributed by atoms with van der Waals surface area (Å²) in [6, 6.07) is 0. The second-order valence-corrected chi connectivity index (χ2v) is 9.34. The van der Waals surface area contributed by atoms with Gasteiger partial charge in [0.2, 0.25) is 0 Å². The zero-order valence-electron chi connectivity index (χ0n) is 14.9. The molecule has 4 heteroatoms. The third-order valence-corrected chi connectivity index (χ3v) is 8.16. The van der Waals surface area contributed by atoms with Gasteiger partial charge >= 0.3 is 5.97 Å². The molecule has 0 spiro atoms. The van der Waals surface area contributed by atoms with Gasteiger partial charge in [0.05, 0.1) is 6.10 Å². The molecule has 0 amide bonds. The van der Waals surface area contributed by atoms with Crippen molar-refractivity contribution >= 4 is 11.8 Å². The summed E-state index contributed by atoms with van der Waals surface area (Å²) in [6.45, 7) is 10.2. The van der Waals surface area contributed by atoms with E-state index in [0.29, 0.717) is 12.3 Å². The van der Waals surface area contributed by atoms with Crippen LogP contribution in [-0.4, -0.2) is 29.1 Å². The van der Waals surface area contributed by atoms with Crippen molar-refractivity contribution in [1.29, 1.82) is 0 Å². The Morgan fingerprint density at radius 1 is 1.25 bits per heavy atom. The standard InChI is InChI=1S/C20H28O4/c1-5-18(2)8-6-12-11(10-18)14(22)15-16-19(12,3)9-7-13(21)20(16,4)17(23)24-15/h5,11-12,14-16,22H,1,6-10H2,2-4H3/t11-,12-,14-,15-,16-,18-,19-,20+/m1/s1. The fourth-order valence-corrected chi connectivity index (χ4v) is 6.66. The summed E-state index contributed by atoms with van der Waals surface area (Å²) < 4.78 is 5.65. The van der Waals surface area contributed by atoms with Crippen molar-refractivity contribution in [3.63, 3.8) is 0 Å². The molecule has 3 saturated carbocycles. The number of carbonyl (C=O) groups excluding carboxylic acids is 2. The second-order valence-electron chi connectivity index (χ2n) is 9.34. The SMILES string of the molecule is C=C[C@]1(C)CC[C@@H]2[C@@H](C1)[C@@H](O)[C@H]1OC(=O)[C@@]3(C)C(=O)CC[C@@]2(C)[C@@H]13. The topological polar surface area (TPSA) is 63.6 Å². The molecular weight excluding hydrogens is 304 g/mol. The summed E-state index contributed by atoms with van der Waals surface area (Å²) in [5.74, 6) is -0.171. The Bertz CT molecular complexity index is 627. The van der Waals surface area contributed by atoms with Crippen LogP contribution >= 0.6 is 0 Å². The van der Waals surface area contributed by atoms with Crippen LogP contribution in [0.1, 0.15) is 52.9 Å². The summed E-state index contributed by atoms with van der Waals surface area (Å²) in [5.41, 5.74) is -1.16. The molecule has 4 fully saturated rings. The Hall–Kier alpha value is -1.16. The number of aliphatic hydroxyl groups excluding tert-OH is 1. The average Bonchev–Trinajstić information content (AvgIpc) is 2.84. The number of fused-ring (bicyclic) bond motifs is 2. The number of hydrogen-bond acceptors (Lipinski definition) is 4. The minimum absolute atomic E-state index is 0.00476. The highest BCUT2D eigenvalue weighted by Crippen LogP contribution is 2.67. The molecule has 0 radical (unpaired) electrons. The van der Waals surface area contributed by atoms with Crippen molar-refractivity contribution in [2.24, 2.45) is 34.0 Å². The van der Waals surface area contributed by atoms with E-state index in [0.717, 1.165) is 25.7 Å². The zero-order valence-corrected chi connectivity index (χ0v) is 14.9. The molecule has 4 aliphatic rings. The molecule has 4 rings (SSSR count). The van der Waals surface area contributed by atoms with Gasteiger partial charge in [-0.15, -0.1) is 6.58 Å². The van der Waals surface area contributed by atoms with Crippen LogP contribution in [-0.2, 0) is 14.3 Å². The van der Waals surface area contributed by atoms with Crippen molar-refractivity contribution in [3.05, 3.63) is 12.7 Å². The maximum absolute atomic E-state index is 12.6. The molecule has 24 heavy (non-hydrogen) atoms. The average molecular weight is 332 g/mol. The van der Waals surface area contributed by atoms with Gasteiger partial charge in [0.15, 0.2) is 0 Å². The van der Waals surface area contributed by atoms with Crippen LogP contribution in [0.2, 0.25) is 0 Å². The van der Waals surface area contributed by atoms with Crippen LogP contribution in [0.15, 0.2) is 12.7 Å². The summed E-state index contributed by atoms with van der Waals surface area (Å²) in [4.78, 5) is 25.2. The van der Waals surface area contributed by atoms with E-state index >= 15 is 0 Å². The summed E-state index contributed by atoms with van der Waals surface area (Å²) in [6.07, 6.45) is 5.00. The molecule has 132 valence electrons. The van der Waals surface area contributed by atoms with E-state index in [4.69, 9.17) is 4.74 Å². The highest BCUT2D eigenvalue weighted by molar-refractivity contribution is 6.06. The monoisotopic (exact) mass is 332 g/mol. The lowest BCUT2D eigenvalue weighted by molar-refractivity contribution is -0.189. The van der Waals surface area contributed by atoms with Crippen LogP contribution in [0, 0.1) is 34.0 Å². The van der Waals surface area contributed by atoms with E-state index in [2.05, 4.69) is 20.4 Å². The quantitative estimate of drug-likeness (QED) is 0.456. The number of aliphatic hydroxyl groups is 1. The molecular formula is C20H28O4. The number of rotatable bonds is 1. The number of allylic oxidation sites excluding steroid dienone is 1. The van der Waals surface area contributed by atoms with Gasteiger partial charge < -0.3 is 9.84 Å². The molecule has 1 heterocycles. The highest BCUT2D eigenvalue weighted by atomic mass is 16.6. The number of Topliss-reactive ketones (excluding diaryl/α,β-unsaturated/α-hetero) is 1. The Morgan fingerprint density at radius 3 is 2.62 bits per heavy atom. The first-order valence-electron chi connectivity index (χ1n) is 9.23. The van der Waals surface area contributed by atoms with Gasteiger partial charge in [-0.05, 0) is 55.3 Å². The van der Waals surface area contributed by atoms with E-state index in [1.165, 1.54) is 0 Å². The third-order valence-electron chi connectivity index (χ3n) is 8.16. The number of esters is 1. The van der Waals surface area contributed by atoms with Crippen molar-refractivity contribution in [1.82, 2.24) is 0 Å². The molecule has 3 aliphatic carbocycles. The number of carbonyl (C=O) groups is 2. The maximum Gasteiger partial charge on any atom is 0.320 e. The fraction of sp³-hybridized carbons (Fsp3) is 0.800. The van der Waals surface area contributed by atoms with E-state index < -0.39 is 23.6 Å². The Kier molecular flexibility index (Phi) is 3.21. The lowest BCUT2D eigenvalue weighted by atomic mass is 9.42. The zero-order chi connectivity index (χ0) is 17.5. The first-order chi connectivity index (χ1) is 11.2. The van der Waals surface area contributed by atoms with Crippen molar-refractivity contribution in [2.45, 2.75) is 65.1 Å². The summed E-state index contributed by atoms with van der Waals surface area (Å²) in [7, 11) is 0. The second kappa shape index (κ2) is 4.72. The molecule has 1 N–H and O–H groups in total. The van der Waals surface area contributed by atoms with E-state index in [9.17, 15) is 14.7 Å². The Labute approximate surface area is 143 Å². The van der Waals surface area contributed by atoms with Crippen molar-refractivity contribution in [2.75, 3.05) is 0 Å².